The van der Waals surface area contributed by atoms with E-state index in [1.807, 2.05) is 6.92 Å². The lowest BCUT2D eigenvalue weighted by molar-refractivity contribution is 0.250. The Hall–Kier alpha value is -0.170. The second-order valence-corrected chi connectivity index (χ2v) is 7.67. The first-order chi connectivity index (χ1) is 9.51. The smallest absolute Gasteiger partial charge is 0.215 e. The molecule has 0 saturated carbocycles. The molecule has 1 saturated heterocycles. The summed E-state index contributed by atoms with van der Waals surface area (Å²) >= 11 is 0. The molecule has 20 heavy (non-hydrogen) atoms. The van der Waals surface area contributed by atoms with Gasteiger partial charge in [0.25, 0.3) is 0 Å². The number of hydrogen-bond acceptors (Lipinski definition) is 4. The summed E-state index contributed by atoms with van der Waals surface area (Å²) in [7, 11) is -3.13. The van der Waals surface area contributed by atoms with Crippen LogP contribution in [0.4, 0.5) is 0 Å². The maximum atomic E-state index is 12.6. The van der Waals surface area contributed by atoms with Crippen LogP contribution < -0.4 is 5.32 Å². The standard InChI is InChI=1S/C14H31N3O2S/c1-4-6-9-17(14(3)5-2)20(18,19)13-12-16-10-7-15-8-11-16/h14-15H,4-13H2,1-3H3. The van der Waals surface area contributed by atoms with Crippen molar-refractivity contribution in [2.24, 2.45) is 0 Å². The van der Waals surface area contributed by atoms with Gasteiger partial charge in [-0.25, -0.2) is 8.42 Å². The van der Waals surface area contributed by atoms with E-state index in [4.69, 9.17) is 0 Å². The van der Waals surface area contributed by atoms with Gasteiger partial charge in [-0.3, -0.25) is 4.90 Å². The van der Waals surface area contributed by atoms with E-state index < -0.39 is 10.0 Å². The summed E-state index contributed by atoms with van der Waals surface area (Å²) < 4.78 is 26.8. The molecule has 0 aliphatic carbocycles. The molecule has 0 aromatic heterocycles. The Morgan fingerprint density at radius 2 is 1.90 bits per heavy atom. The van der Waals surface area contributed by atoms with Gasteiger partial charge in [-0.1, -0.05) is 20.3 Å². The lowest BCUT2D eigenvalue weighted by Crippen LogP contribution is -2.47. The van der Waals surface area contributed by atoms with E-state index in [1.165, 1.54) is 0 Å². The van der Waals surface area contributed by atoms with E-state index in [1.54, 1.807) is 4.31 Å². The van der Waals surface area contributed by atoms with Gasteiger partial charge in [-0.2, -0.15) is 4.31 Å². The predicted octanol–water partition coefficient (Wildman–Crippen LogP) is 1.12. The Morgan fingerprint density at radius 3 is 2.45 bits per heavy atom. The molecule has 0 spiro atoms. The monoisotopic (exact) mass is 305 g/mol. The van der Waals surface area contributed by atoms with E-state index in [9.17, 15) is 8.42 Å². The van der Waals surface area contributed by atoms with Gasteiger partial charge in [-0.05, 0) is 19.8 Å². The quantitative estimate of drug-likeness (QED) is 0.694. The highest BCUT2D eigenvalue weighted by Gasteiger charge is 2.26. The van der Waals surface area contributed by atoms with Crippen LogP contribution in [0.5, 0.6) is 0 Å². The minimum absolute atomic E-state index is 0.106. The predicted molar refractivity (Wildman–Crippen MR) is 84.5 cm³/mol. The second kappa shape index (κ2) is 8.97. The third kappa shape index (κ3) is 5.68. The van der Waals surface area contributed by atoms with Crippen LogP contribution in [-0.4, -0.2) is 68.7 Å². The third-order valence-corrected chi connectivity index (χ3v) is 6.00. The largest absolute Gasteiger partial charge is 0.314 e. The van der Waals surface area contributed by atoms with Crippen molar-refractivity contribution in [1.82, 2.24) is 14.5 Å². The summed E-state index contributed by atoms with van der Waals surface area (Å²) in [5.74, 6) is 0.251. The molecule has 1 fully saturated rings. The number of unbranched alkanes of at least 4 members (excludes halogenated alkanes) is 1. The highest BCUT2D eigenvalue weighted by atomic mass is 32.2. The minimum Gasteiger partial charge on any atom is -0.314 e. The summed E-state index contributed by atoms with van der Waals surface area (Å²) in [6, 6.07) is 0.106. The van der Waals surface area contributed by atoms with Crippen molar-refractivity contribution < 1.29 is 8.42 Å². The van der Waals surface area contributed by atoms with Gasteiger partial charge in [0.2, 0.25) is 10.0 Å². The van der Waals surface area contributed by atoms with Crippen molar-refractivity contribution in [3.63, 3.8) is 0 Å². The van der Waals surface area contributed by atoms with Crippen molar-refractivity contribution in [3.05, 3.63) is 0 Å². The molecular weight excluding hydrogens is 274 g/mol. The molecule has 5 nitrogen and oxygen atoms in total. The van der Waals surface area contributed by atoms with Gasteiger partial charge in [0.05, 0.1) is 5.75 Å². The first kappa shape index (κ1) is 17.9. The zero-order valence-electron chi connectivity index (χ0n) is 13.3. The van der Waals surface area contributed by atoms with E-state index in [0.717, 1.165) is 45.4 Å². The molecule has 120 valence electrons. The fraction of sp³-hybridized carbons (Fsp3) is 1.00. The van der Waals surface area contributed by atoms with Crippen molar-refractivity contribution >= 4 is 10.0 Å². The number of piperazine rings is 1. The summed E-state index contributed by atoms with van der Waals surface area (Å²) in [5, 5.41) is 3.29. The van der Waals surface area contributed by atoms with Crippen molar-refractivity contribution in [1.29, 1.82) is 0 Å². The molecular formula is C14H31N3O2S. The van der Waals surface area contributed by atoms with E-state index in [2.05, 4.69) is 24.1 Å². The number of hydrogen-bond donors (Lipinski definition) is 1. The van der Waals surface area contributed by atoms with Crippen LogP contribution in [0.15, 0.2) is 0 Å². The third-order valence-electron chi connectivity index (χ3n) is 4.05. The molecule has 1 unspecified atom stereocenters. The van der Waals surface area contributed by atoms with Gasteiger partial charge in [0, 0.05) is 45.3 Å². The Labute approximate surface area is 124 Å². The SMILES string of the molecule is CCCCN(C(C)CC)S(=O)(=O)CCN1CCNCC1. The van der Waals surface area contributed by atoms with Crippen LogP contribution in [0, 0.1) is 0 Å². The highest BCUT2D eigenvalue weighted by Crippen LogP contribution is 2.13. The van der Waals surface area contributed by atoms with Crippen LogP contribution in [-0.2, 0) is 10.0 Å². The fourth-order valence-electron chi connectivity index (χ4n) is 2.45. The van der Waals surface area contributed by atoms with Gasteiger partial charge in [0.1, 0.15) is 0 Å². The summed E-state index contributed by atoms with van der Waals surface area (Å²) in [5.41, 5.74) is 0. The Kier molecular flexibility index (Phi) is 8.02. The summed E-state index contributed by atoms with van der Waals surface area (Å²) in [6.45, 7) is 11.3. The van der Waals surface area contributed by atoms with E-state index in [0.29, 0.717) is 13.1 Å². The number of sulfonamides is 1. The summed E-state index contributed by atoms with van der Waals surface area (Å²) in [6.07, 6.45) is 2.84. The summed E-state index contributed by atoms with van der Waals surface area (Å²) in [4.78, 5) is 2.24. The first-order valence-corrected chi connectivity index (χ1v) is 9.54. The van der Waals surface area contributed by atoms with Gasteiger partial charge in [0.15, 0.2) is 0 Å². The lowest BCUT2D eigenvalue weighted by atomic mass is 10.2. The molecule has 0 aromatic rings. The minimum atomic E-state index is -3.13. The van der Waals surface area contributed by atoms with Crippen LogP contribution in [0.3, 0.4) is 0 Å². The molecule has 1 aliphatic heterocycles. The molecule has 0 aromatic carbocycles. The van der Waals surface area contributed by atoms with Gasteiger partial charge >= 0.3 is 0 Å². The topological polar surface area (TPSA) is 52.7 Å². The van der Waals surface area contributed by atoms with Crippen molar-refractivity contribution in [2.75, 3.05) is 45.0 Å². The molecule has 1 N–H and O–H groups in total. The van der Waals surface area contributed by atoms with Crippen LogP contribution >= 0.6 is 0 Å². The van der Waals surface area contributed by atoms with Crippen LogP contribution in [0.2, 0.25) is 0 Å². The fourth-order valence-corrected chi connectivity index (χ4v) is 4.28. The first-order valence-electron chi connectivity index (χ1n) is 7.93. The maximum absolute atomic E-state index is 12.6. The molecule has 0 bridgehead atoms. The number of nitrogens with one attached hydrogen (secondary N) is 1. The number of rotatable bonds is 9. The Morgan fingerprint density at radius 1 is 1.25 bits per heavy atom. The molecule has 1 atom stereocenters. The molecule has 6 heteroatoms. The molecule has 0 radical (unpaired) electrons. The van der Waals surface area contributed by atoms with Crippen LogP contribution in [0.1, 0.15) is 40.0 Å². The number of nitrogens with zero attached hydrogens (tertiary/aromatic N) is 2. The van der Waals surface area contributed by atoms with Gasteiger partial charge < -0.3 is 5.32 Å². The Balaban J connectivity index is 2.56. The zero-order valence-corrected chi connectivity index (χ0v) is 14.1. The maximum Gasteiger partial charge on any atom is 0.215 e. The van der Waals surface area contributed by atoms with E-state index >= 15 is 0 Å². The van der Waals surface area contributed by atoms with Crippen LogP contribution in [0.25, 0.3) is 0 Å². The normalized spacial score (nSPS) is 19.4. The molecule has 0 amide bonds. The molecule has 1 rings (SSSR count). The van der Waals surface area contributed by atoms with Crippen molar-refractivity contribution in [3.8, 4) is 0 Å². The Bertz CT molecular complexity index is 353. The second-order valence-electron chi connectivity index (χ2n) is 5.63. The molecule has 1 aliphatic rings. The average molecular weight is 305 g/mol. The molecule has 1 heterocycles. The zero-order chi connectivity index (χ0) is 15.0. The highest BCUT2D eigenvalue weighted by molar-refractivity contribution is 7.89. The average Bonchev–Trinajstić information content (AvgIpc) is 2.46. The lowest BCUT2D eigenvalue weighted by Gasteiger charge is -2.30. The van der Waals surface area contributed by atoms with Gasteiger partial charge in [-0.15, -0.1) is 0 Å². The van der Waals surface area contributed by atoms with E-state index in [-0.39, 0.29) is 11.8 Å². The van der Waals surface area contributed by atoms with Crippen molar-refractivity contribution in [2.45, 2.75) is 46.1 Å².